The summed E-state index contributed by atoms with van der Waals surface area (Å²) in [6, 6.07) is 0. The smallest absolute Gasteiger partial charge is 0.0387 e. The molecule has 0 bridgehead atoms. The van der Waals surface area contributed by atoms with Crippen molar-refractivity contribution in [3.63, 3.8) is 0 Å². The highest BCUT2D eigenvalue weighted by Crippen LogP contribution is 1.87. The summed E-state index contributed by atoms with van der Waals surface area (Å²) >= 11 is 0. The van der Waals surface area contributed by atoms with Crippen molar-refractivity contribution >= 4 is 0 Å². The molecular formula is C7H17N2. The average Bonchev–Trinajstić information content (AvgIpc) is 1.83. The molecule has 0 atom stereocenters. The molecule has 0 spiro atoms. The normalized spacial score (nSPS) is 11.3. The second kappa shape index (κ2) is 4.77. The molecule has 0 aromatic carbocycles. The lowest BCUT2D eigenvalue weighted by molar-refractivity contribution is 0.347. The Balaban J connectivity index is 3.06. The molecule has 0 aliphatic rings. The summed E-state index contributed by atoms with van der Waals surface area (Å²) in [5.41, 5.74) is 0. The van der Waals surface area contributed by atoms with Crippen molar-refractivity contribution in [1.82, 2.24) is 9.80 Å². The summed E-state index contributed by atoms with van der Waals surface area (Å²) in [5, 5.41) is 0. The number of rotatable bonds is 4. The summed E-state index contributed by atoms with van der Waals surface area (Å²) in [6.45, 7) is 6.45. The van der Waals surface area contributed by atoms with Gasteiger partial charge in [0, 0.05) is 13.1 Å². The lowest BCUT2D eigenvalue weighted by Gasteiger charge is -2.15. The average molecular weight is 129 g/mol. The highest BCUT2D eigenvalue weighted by atomic mass is 15.1. The Hall–Kier alpha value is -0.0800. The van der Waals surface area contributed by atoms with E-state index in [0.29, 0.717) is 0 Å². The summed E-state index contributed by atoms with van der Waals surface area (Å²) in [4.78, 5) is 4.33. The zero-order valence-corrected chi connectivity index (χ0v) is 6.89. The van der Waals surface area contributed by atoms with Crippen molar-refractivity contribution in [2.24, 2.45) is 0 Å². The van der Waals surface area contributed by atoms with Crippen LogP contribution in [0.2, 0.25) is 0 Å². The number of hydrogen-bond acceptors (Lipinski definition) is 2. The van der Waals surface area contributed by atoms with Crippen LogP contribution in [0.1, 0.15) is 6.92 Å². The van der Waals surface area contributed by atoms with Crippen molar-refractivity contribution in [3.8, 4) is 0 Å². The van der Waals surface area contributed by atoms with Crippen LogP contribution in [-0.2, 0) is 0 Å². The minimum absolute atomic E-state index is 1.03. The fraction of sp³-hybridized carbons (Fsp3) is 0.857. The van der Waals surface area contributed by atoms with E-state index >= 15 is 0 Å². The molecule has 0 aromatic rings. The Morgan fingerprint density at radius 3 is 2.11 bits per heavy atom. The van der Waals surface area contributed by atoms with E-state index < -0.39 is 0 Å². The Morgan fingerprint density at radius 2 is 1.78 bits per heavy atom. The molecule has 0 saturated heterocycles. The third-order valence-electron chi connectivity index (χ3n) is 1.26. The Morgan fingerprint density at radius 1 is 1.22 bits per heavy atom. The van der Waals surface area contributed by atoms with E-state index in [1.54, 1.807) is 0 Å². The summed E-state index contributed by atoms with van der Waals surface area (Å²) in [6.07, 6.45) is 0. The van der Waals surface area contributed by atoms with E-state index in [-0.39, 0.29) is 0 Å². The molecule has 1 radical (unpaired) electrons. The maximum absolute atomic E-state index is 2.18. The minimum Gasteiger partial charge on any atom is -0.308 e. The summed E-state index contributed by atoms with van der Waals surface area (Å²) in [7, 11) is 6.23. The molecule has 9 heavy (non-hydrogen) atoms. The first kappa shape index (κ1) is 8.92. The fourth-order valence-electron chi connectivity index (χ4n) is 0.432. The SMILES string of the molecule is CCN(C)[CH]CN(C)C. The van der Waals surface area contributed by atoms with Gasteiger partial charge in [-0.3, -0.25) is 0 Å². The lowest BCUT2D eigenvalue weighted by atomic mass is 10.5. The van der Waals surface area contributed by atoms with Crippen molar-refractivity contribution in [3.05, 3.63) is 6.54 Å². The van der Waals surface area contributed by atoms with E-state index in [4.69, 9.17) is 0 Å². The van der Waals surface area contributed by atoms with Crippen LogP contribution in [0.15, 0.2) is 0 Å². The largest absolute Gasteiger partial charge is 0.308 e. The van der Waals surface area contributed by atoms with Crippen LogP contribution in [-0.4, -0.2) is 44.0 Å². The van der Waals surface area contributed by atoms with E-state index in [1.807, 2.05) is 0 Å². The van der Waals surface area contributed by atoms with E-state index in [9.17, 15) is 0 Å². The van der Waals surface area contributed by atoms with Gasteiger partial charge >= 0.3 is 0 Å². The van der Waals surface area contributed by atoms with Gasteiger partial charge in [-0.2, -0.15) is 0 Å². The summed E-state index contributed by atoms with van der Waals surface area (Å²) < 4.78 is 0. The van der Waals surface area contributed by atoms with Crippen molar-refractivity contribution in [1.29, 1.82) is 0 Å². The van der Waals surface area contributed by atoms with Crippen molar-refractivity contribution in [2.75, 3.05) is 34.2 Å². The van der Waals surface area contributed by atoms with Crippen LogP contribution in [0.4, 0.5) is 0 Å². The number of nitrogens with zero attached hydrogens (tertiary/aromatic N) is 2. The fourth-order valence-corrected chi connectivity index (χ4v) is 0.432. The lowest BCUT2D eigenvalue weighted by Crippen LogP contribution is -2.23. The van der Waals surface area contributed by atoms with Gasteiger partial charge in [0.25, 0.3) is 0 Å². The van der Waals surface area contributed by atoms with Gasteiger partial charge in [-0.25, -0.2) is 0 Å². The molecule has 0 aromatic heterocycles. The predicted molar refractivity (Wildman–Crippen MR) is 41.2 cm³/mol. The molecule has 55 valence electrons. The first-order chi connectivity index (χ1) is 4.16. The maximum atomic E-state index is 2.18. The first-order valence-corrected chi connectivity index (χ1v) is 3.35. The van der Waals surface area contributed by atoms with E-state index in [0.717, 1.165) is 13.1 Å². The van der Waals surface area contributed by atoms with Crippen molar-refractivity contribution in [2.45, 2.75) is 6.92 Å². The van der Waals surface area contributed by atoms with Crippen LogP contribution >= 0.6 is 0 Å². The first-order valence-electron chi connectivity index (χ1n) is 3.35. The van der Waals surface area contributed by atoms with Gasteiger partial charge < -0.3 is 9.80 Å². The predicted octanol–water partition coefficient (Wildman–Crippen LogP) is 0.661. The quantitative estimate of drug-likeness (QED) is 0.550. The van der Waals surface area contributed by atoms with Gasteiger partial charge in [0.15, 0.2) is 0 Å². The molecule has 0 saturated carbocycles. The van der Waals surface area contributed by atoms with E-state index in [1.165, 1.54) is 0 Å². The third-order valence-corrected chi connectivity index (χ3v) is 1.26. The minimum atomic E-state index is 1.03. The van der Waals surface area contributed by atoms with Gasteiger partial charge in [0.1, 0.15) is 0 Å². The Kier molecular flexibility index (Phi) is 4.72. The molecular weight excluding hydrogens is 112 g/mol. The van der Waals surface area contributed by atoms with Gasteiger partial charge in [-0.05, 0) is 27.7 Å². The van der Waals surface area contributed by atoms with Gasteiger partial charge in [0.2, 0.25) is 0 Å². The van der Waals surface area contributed by atoms with Crippen LogP contribution < -0.4 is 0 Å². The molecule has 0 aliphatic carbocycles. The van der Waals surface area contributed by atoms with Crippen molar-refractivity contribution < 1.29 is 0 Å². The van der Waals surface area contributed by atoms with Gasteiger partial charge in [0.05, 0.1) is 0 Å². The molecule has 2 nitrogen and oxygen atoms in total. The zero-order valence-electron chi connectivity index (χ0n) is 6.89. The standard InChI is InChI=1S/C7H17N2/c1-5-9(4)7-6-8(2)3/h7H,5-6H2,1-4H3. The highest BCUT2D eigenvalue weighted by molar-refractivity contribution is 4.65. The number of hydrogen-bond donors (Lipinski definition) is 0. The second-order valence-electron chi connectivity index (χ2n) is 2.52. The molecule has 0 amide bonds. The molecule has 0 rings (SSSR count). The monoisotopic (exact) mass is 129 g/mol. The van der Waals surface area contributed by atoms with E-state index in [2.05, 4.69) is 44.4 Å². The molecule has 0 N–H and O–H groups in total. The summed E-state index contributed by atoms with van der Waals surface area (Å²) in [5.74, 6) is 0. The molecule has 0 unspecified atom stereocenters. The maximum Gasteiger partial charge on any atom is 0.0387 e. The molecule has 2 heteroatoms. The zero-order chi connectivity index (χ0) is 7.28. The van der Waals surface area contributed by atoms with Crippen LogP contribution in [0, 0.1) is 6.54 Å². The molecule has 0 aliphatic heterocycles. The van der Waals surface area contributed by atoms with Crippen LogP contribution in [0.5, 0.6) is 0 Å². The highest BCUT2D eigenvalue weighted by Gasteiger charge is 1.94. The molecule has 0 fully saturated rings. The number of likely N-dealkylation sites (N-methyl/N-ethyl adjacent to an activating group) is 2. The van der Waals surface area contributed by atoms with Crippen LogP contribution in [0.25, 0.3) is 0 Å². The second-order valence-corrected chi connectivity index (χ2v) is 2.52. The Labute approximate surface area is 58.4 Å². The topological polar surface area (TPSA) is 6.48 Å². The third kappa shape index (κ3) is 5.80. The van der Waals surface area contributed by atoms with Gasteiger partial charge in [-0.1, -0.05) is 6.92 Å². The van der Waals surface area contributed by atoms with Gasteiger partial charge in [-0.15, -0.1) is 0 Å². The van der Waals surface area contributed by atoms with Crippen LogP contribution in [0.3, 0.4) is 0 Å². The molecule has 0 heterocycles. The Bertz CT molecular complexity index is 61.9.